The molecule has 1 atom stereocenters. The van der Waals surface area contributed by atoms with E-state index in [1.54, 1.807) is 36.4 Å². The number of anilines is 3. The van der Waals surface area contributed by atoms with Gasteiger partial charge in [0.25, 0.3) is 0 Å². The Labute approximate surface area is 192 Å². The Morgan fingerprint density at radius 1 is 0.909 bits per heavy atom. The van der Waals surface area contributed by atoms with Crippen LogP contribution in [0.3, 0.4) is 0 Å². The molecule has 1 fully saturated rings. The third-order valence-electron chi connectivity index (χ3n) is 5.85. The number of amides is 3. The van der Waals surface area contributed by atoms with Crippen molar-refractivity contribution >= 4 is 44.8 Å². The van der Waals surface area contributed by atoms with E-state index in [0.717, 1.165) is 12.8 Å². The molecule has 2 aromatic rings. The maximum absolute atomic E-state index is 13.1. The molecule has 0 aromatic heterocycles. The van der Waals surface area contributed by atoms with Crippen LogP contribution in [0.4, 0.5) is 17.1 Å². The number of carbonyl (C=O) groups excluding carboxylic acids is 3. The highest BCUT2D eigenvalue weighted by molar-refractivity contribution is 7.89. The topological polar surface area (TPSA) is 116 Å². The standard InChI is InChI=1S/C23H26N4O5S/c1-15(28)24-18-5-7-19(8-6-18)25-23(30)22-14-17-13-20(9-10-21(17)27(22)16(2)29)33(31,32)26-11-3-4-12-26/h5-10,13,22H,3-4,11-12,14H2,1-2H3,(H,24,28)(H,25,30)/t22-/m0/s1. The van der Waals surface area contributed by atoms with E-state index in [1.165, 1.54) is 29.1 Å². The molecule has 2 aliphatic heterocycles. The van der Waals surface area contributed by atoms with Crippen molar-refractivity contribution in [1.29, 1.82) is 0 Å². The first-order valence-electron chi connectivity index (χ1n) is 10.8. The van der Waals surface area contributed by atoms with Crippen LogP contribution in [0.2, 0.25) is 0 Å². The van der Waals surface area contributed by atoms with Crippen molar-refractivity contribution in [3.8, 4) is 0 Å². The first-order valence-corrected chi connectivity index (χ1v) is 12.2. The van der Waals surface area contributed by atoms with E-state index < -0.39 is 16.1 Å². The summed E-state index contributed by atoms with van der Waals surface area (Å²) < 4.78 is 27.4. The molecule has 174 valence electrons. The average molecular weight is 471 g/mol. The predicted molar refractivity (Wildman–Crippen MR) is 124 cm³/mol. The second-order valence-corrected chi connectivity index (χ2v) is 10.2. The molecule has 9 nitrogen and oxygen atoms in total. The van der Waals surface area contributed by atoms with E-state index in [1.807, 2.05) is 0 Å². The van der Waals surface area contributed by atoms with Gasteiger partial charge in [0.05, 0.1) is 4.90 Å². The first-order chi connectivity index (χ1) is 15.7. The number of carbonyl (C=O) groups is 3. The number of fused-ring (bicyclic) bond motifs is 1. The van der Waals surface area contributed by atoms with Gasteiger partial charge in [-0.3, -0.25) is 19.3 Å². The van der Waals surface area contributed by atoms with Crippen molar-refractivity contribution in [2.24, 2.45) is 0 Å². The number of hydrogen-bond donors (Lipinski definition) is 2. The van der Waals surface area contributed by atoms with Crippen LogP contribution in [0.25, 0.3) is 0 Å². The maximum atomic E-state index is 13.1. The summed E-state index contributed by atoms with van der Waals surface area (Å²) in [7, 11) is -3.60. The minimum atomic E-state index is -3.60. The van der Waals surface area contributed by atoms with Crippen LogP contribution in [0, 0.1) is 0 Å². The number of sulfonamides is 1. The molecule has 0 radical (unpaired) electrons. The molecule has 2 aromatic carbocycles. The molecule has 0 aliphatic carbocycles. The minimum absolute atomic E-state index is 0.182. The zero-order chi connectivity index (χ0) is 23.8. The van der Waals surface area contributed by atoms with Crippen LogP contribution in [0.1, 0.15) is 32.3 Å². The van der Waals surface area contributed by atoms with E-state index in [9.17, 15) is 22.8 Å². The molecule has 33 heavy (non-hydrogen) atoms. The lowest BCUT2D eigenvalue weighted by molar-refractivity contribution is -0.122. The third kappa shape index (κ3) is 4.62. The molecule has 0 unspecified atom stereocenters. The maximum Gasteiger partial charge on any atom is 0.247 e. The Morgan fingerprint density at radius 3 is 2.09 bits per heavy atom. The zero-order valence-corrected chi connectivity index (χ0v) is 19.3. The molecule has 3 amide bonds. The lowest BCUT2D eigenvalue weighted by Crippen LogP contribution is -2.44. The number of hydrogen-bond acceptors (Lipinski definition) is 5. The normalized spacial score (nSPS) is 18.1. The Kier molecular flexibility index (Phi) is 6.22. The van der Waals surface area contributed by atoms with Crippen LogP contribution in [-0.4, -0.2) is 49.6 Å². The van der Waals surface area contributed by atoms with Crippen molar-refractivity contribution in [2.75, 3.05) is 28.6 Å². The van der Waals surface area contributed by atoms with Crippen molar-refractivity contribution < 1.29 is 22.8 Å². The van der Waals surface area contributed by atoms with Crippen molar-refractivity contribution in [3.63, 3.8) is 0 Å². The molecule has 2 N–H and O–H groups in total. The highest BCUT2D eigenvalue weighted by Crippen LogP contribution is 2.35. The third-order valence-corrected chi connectivity index (χ3v) is 7.75. The number of benzene rings is 2. The summed E-state index contributed by atoms with van der Waals surface area (Å²) >= 11 is 0. The first kappa shape index (κ1) is 22.9. The smallest absolute Gasteiger partial charge is 0.247 e. The van der Waals surface area contributed by atoms with Crippen molar-refractivity contribution in [2.45, 2.75) is 44.0 Å². The van der Waals surface area contributed by atoms with Gasteiger partial charge in [0.15, 0.2) is 0 Å². The molecule has 0 saturated carbocycles. The average Bonchev–Trinajstić information content (AvgIpc) is 3.42. The van der Waals surface area contributed by atoms with Crippen LogP contribution in [0.15, 0.2) is 47.4 Å². The highest BCUT2D eigenvalue weighted by Gasteiger charge is 2.38. The number of rotatable bonds is 5. The molecule has 1 saturated heterocycles. The van der Waals surface area contributed by atoms with Crippen molar-refractivity contribution in [1.82, 2.24) is 4.31 Å². The predicted octanol–water partition coefficient (Wildman–Crippen LogP) is 2.35. The van der Waals surface area contributed by atoms with Gasteiger partial charge in [0.1, 0.15) is 6.04 Å². The summed E-state index contributed by atoms with van der Waals surface area (Å²) in [5, 5.41) is 5.46. The van der Waals surface area contributed by atoms with Crippen LogP contribution in [-0.2, 0) is 30.8 Å². The van der Waals surface area contributed by atoms with Gasteiger partial charge in [0.2, 0.25) is 27.7 Å². The lowest BCUT2D eigenvalue weighted by Gasteiger charge is -2.23. The summed E-state index contributed by atoms with van der Waals surface area (Å²) in [5.74, 6) is -0.874. The fourth-order valence-electron chi connectivity index (χ4n) is 4.33. The van der Waals surface area contributed by atoms with Crippen LogP contribution in [0.5, 0.6) is 0 Å². The van der Waals surface area contributed by atoms with Crippen molar-refractivity contribution in [3.05, 3.63) is 48.0 Å². The van der Waals surface area contributed by atoms with E-state index in [4.69, 9.17) is 0 Å². The zero-order valence-electron chi connectivity index (χ0n) is 18.5. The fraction of sp³-hybridized carbons (Fsp3) is 0.348. The monoisotopic (exact) mass is 470 g/mol. The highest BCUT2D eigenvalue weighted by atomic mass is 32.2. The van der Waals surface area contributed by atoms with Gasteiger partial charge in [-0.25, -0.2) is 8.42 Å². The SMILES string of the molecule is CC(=O)Nc1ccc(NC(=O)[C@@H]2Cc3cc(S(=O)(=O)N4CCCC4)ccc3N2C(C)=O)cc1. The molecule has 4 rings (SSSR count). The van der Waals surface area contributed by atoms with Gasteiger partial charge < -0.3 is 10.6 Å². The Bertz CT molecular complexity index is 1200. The fourth-order valence-corrected chi connectivity index (χ4v) is 5.90. The van der Waals surface area contributed by atoms with Gasteiger partial charge in [-0.05, 0) is 60.9 Å². The summed E-state index contributed by atoms with van der Waals surface area (Å²) in [5.41, 5.74) is 2.31. The van der Waals surface area contributed by atoms with Gasteiger partial charge in [-0.15, -0.1) is 0 Å². The second kappa shape index (κ2) is 8.95. The Balaban J connectivity index is 1.55. The van der Waals surface area contributed by atoms with Gasteiger partial charge in [-0.2, -0.15) is 4.31 Å². The van der Waals surface area contributed by atoms with Crippen LogP contribution >= 0.6 is 0 Å². The molecule has 2 aliphatic rings. The molecule has 2 heterocycles. The largest absolute Gasteiger partial charge is 0.326 e. The van der Waals surface area contributed by atoms with Gasteiger partial charge >= 0.3 is 0 Å². The summed E-state index contributed by atoms with van der Waals surface area (Å²) in [4.78, 5) is 38.2. The van der Waals surface area contributed by atoms with Gasteiger partial charge in [-0.1, -0.05) is 0 Å². The molecule has 10 heteroatoms. The van der Waals surface area contributed by atoms with E-state index in [2.05, 4.69) is 10.6 Å². The van der Waals surface area contributed by atoms with E-state index >= 15 is 0 Å². The Hall–Kier alpha value is -3.24. The minimum Gasteiger partial charge on any atom is -0.326 e. The van der Waals surface area contributed by atoms with Crippen LogP contribution < -0.4 is 15.5 Å². The van der Waals surface area contributed by atoms with E-state index in [0.29, 0.717) is 35.7 Å². The molecular formula is C23H26N4O5S. The second-order valence-electron chi connectivity index (χ2n) is 8.26. The number of nitrogens with zero attached hydrogens (tertiary/aromatic N) is 2. The molecular weight excluding hydrogens is 444 g/mol. The summed E-state index contributed by atoms with van der Waals surface area (Å²) in [6.45, 7) is 3.80. The summed E-state index contributed by atoms with van der Waals surface area (Å²) in [6, 6.07) is 10.5. The quantitative estimate of drug-likeness (QED) is 0.696. The Morgan fingerprint density at radius 2 is 1.52 bits per heavy atom. The lowest BCUT2D eigenvalue weighted by atomic mass is 10.1. The molecule has 0 spiro atoms. The molecule has 0 bridgehead atoms. The number of nitrogens with one attached hydrogen (secondary N) is 2. The van der Waals surface area contributed by atoms with E-state index in [-0.39, 0.29) is 29.0 Å². The summed E-state index contributed by atoms with van der Waals surface area (Å²) in [6.07, 6.45) is 1.90. The van der Waals surface area contributed by atoms with Gasteiger partial charge in [0, 0.05) is 50.4 Å².